The molecule has 2 heteroatoms. The summed E-state index contributed by atoms with van der Waals surface area (Å²) in [4.78, 5) is 12.5. The van der Waals surface area contributed by atoms with E-state index in [1.807, 2.05) is 6.92 Å². The molecule has 3 unspecified atom stereocenters. The zero-order valence-corrected chi connectivity index (χ0v) is 14.8. The number of rotatable bonds is 0. The highest BCUT2D eigenvalue weighted by atomic mass is 16.3. The maximum atomic E-state index is 12.5. The number of allylic oxidation sites excluding steroid dienone is 3. The van der Waals surface area contributed by atoms with Crippen molar-refractivity contribution >= 4 is 5.78 Å². The van der Waals surface area contributed by atoms with Gasteiger partial charge in [0.25, 0.3) is 0 Å². The number of hydrogen-bond donors (Lipinski definition) is 1. The lowest BCUT2D eigenvalue weighted by molar-refractivity contribution is -0.115. The van der Waals surface area contributed by atoms with Crippen molar-refractivity contribution in [1.82, 2.24) is 0 Å². The molecular weight excluding hydrogens is 284 g/mol. The maximum absolute atomic E-state index is 12.5. The van der Waals surface area contributed by atoms with E-state index in [1.54, 1.807) is 0 Å². The molecular formula is C21H30O2. The molecule has 126 valence electrons. The second-order valence-electron chi connectivity index (χ2n) is 8.94. The van der Waals surface area contributed by atoms with Crippen LogP contribution >= 0.6 is 0 Å². The van der Waals surface area contributed by atoms with E-state index in [-0.39, 0.29) is 16.9 Å². The van der Waals surface area contributed by atoms with Gasteiger partial charge >= 0.3 is 0 Å². The molecule has 3 saturated carbocycles. The summed E-state index contributed by atoms with van der Waals surface area (Å²) in [7, 11) is 0. The summed E-state index contributed by atoms with van der Waals surface area (Å²) in [5.41, 5.74) is 3.00. The summed E-state index contributed by atoms with van der Waals surface area (Å²) in [6, 6.07) is 0. The topological polar surface area (TPSA) is 37.3 Å². The van der Waals surface area contributed by atoms with Gasteiger partial charge in [0.05, 0.1) is 6.10 Å². The van der Waals surface area contributed by atoms with Crippen LogP contribution in [0.25, 0.3) is 0 Å². The van der Waals surface area contributed by atoms with E-state index in [0.29, 0.717) is 23.5 Å². The molecule has 23 heavy (non-hydrogen) atoms. The number of Topliss-reactive ketones (excluding diaryl/α,β-unsaturated/α-hetero) is 1. The number of carbonyl (C=O) groups is 1. The van der Waals surface area contributed by atoms with Crippen LogP contribution in [0, 0.1) is 28.6 Å². The second-order valence-corrected chi connectivity index (χ2v) is 8.94. The summed E-state index contributed by atoms with van der Waals surface area (Å²) in [5.74, 6) is 2.29. The molecule has 0 aliphatic heterocycles. The fourth-order valence-electron chi connectivity index (χ4n) is 6.79. The Morgan fingerprint density at radius 1 is 1.13 bits per heavy atom. The third-order valence-electron chi connectivity index (χ3n) is 8.08. The van der Waals surface area contributed by atoms with Crippen LogP contribution in [0.5, 0.6) is 0 Å². The fourth-order valence-corrected chi connectivity index (χ4v) is 6.79. The lowest BCUT2D eigenvalue weighted by Crippen LogP contribution is -2.49. The molecule has 2 nitrogen and oxygen atoms in total. The van der Waals surface area contributed by atoms with Crippen molar-refractivity contribution in [2.24, 2.45) is 28.6 Å². The molecule has 6 atom stereocenters. The van der Waals surface area contributed by atoms with Gasteiger partial charge in [0.2, 0.25) is 0 Å². The van der Waals surface area contributed by atoms with Crippen LogP contribution in [-0.2, 0) is 4.79 Å². The monoisotopic (exact) mass is 314 g/mol. The minimum absolute atomic E-state index is 0.114. The van der Waals surface area contributed by atoms with Crippen molar-refractivity contribution in [2.45, 2.75) is 71.8 Å². The smallest absolute Gasteiger partial charge is 0.159 e. The minimum Gasteiger partial charge on any atom is -0.393 e. The zero-order valence-electron chi connectivity index (χ0n) is 14.8. The molecule has 0 aromatic rings. The van der Waals surface area contributed by atoms with Gasteiger partial charge in [-0.15, -0.1) is 0 Å². The van der Waals surface area contributed by atoms with Crippen LogP contribution in [0.3, 0.4) is 0 Å². The van der Waals surface area contributed by atoms with Gasteiger partial charge in [-0.05, 0) is 79.6 Å². The van der Waals surface area contributed by atoms with Gasteiger partial charge in [-0.1, -0.05) is 31.6 Å². The molecule has 0 spiro atoms. The molecule has 0 aromatic carbocycles. The van der Waals surface area contributed by atoms with Crippen molar-refractivity contribution in [3.63, 3.8) is 0 Å². The lowest BCUT2D eigenvalue weighted by atomic mass is 9.48. The molecule has 0 saturated heterocycles. The van der Waals surface area contributed by atoms with Gasteiger partial charge < -0.3 is 5.11 Å². The predicted molar refractivity (Wildman–Crippen MR) is 91.9 cm³/mol. The van der Waals surface area contributed by atoms with Gasteiger partial charge in [0.15, 0.2) is 5.78 Å². The zero-order chi connectivity index (χ0) is 16.4. The van der Waals surface area contributed by atoms with Crippen LogP contribution in [0.4, 0.5) is 0 Å². The Morgan fingerprint density at radius 3 is 2.61 bits per heavy atom. The van der Waals surface area contributed by atoms with E-state index in [2.05, 4.69) is 26.0 Å². The Bertz CT molecular complexity index is 601. The Hall–Kier alpha value is -0.890. The number of aliphatic hydroxyl groups is 1. The SMILES string of the molecule is C/C=C1\C(=O)CC2C3CC=C4C[C@@H](O)CC[C@]4(C)C3CC[C@]12C. The van der Waals surface area contributed by atoms with Crippen molar-refractivity contribution in [3.8, 4) is 0 Å². The van der Waals surface area contributed by atoms with E-state index in [9.17, 15) is 9.90 Å². The minimum atomic E-state index is -0.137. The van der Waals surface area contributed by atoms with E-state index in [1.165, 1.54) is 12.0 Å². The first kappa shape index (κ1) is 15.6. The third-order valence-corrected chi connectivity index (χ3v) is 8.08. The quantitative estimate of drug-likeness (QED) is 0.530. The maximum Gasteiger partial charge on any atom is 0.159 e. The van der Waals surface area contributed by atoms with Crippen molar-refractivity contribution < 1.29 is 9.90 Å². The van der Waals surface area contributed by atoms with Gasteiger partial charge in [0, 0.05) is 6.42 Å². The normalized spacial score (nSPS) is 51.0. The molecule has 4 rings (SSSR count). The summed E-state index contributed by atoms with van der Waals surface area (Å²) < 4.78 is 0. The van der Waals surface area contributed by atoms with Crippen molar-refractivity contribution in [1.29, 1.82) is 0 Å². The average molecular weight is 314 g/mol. The molecule has 0 radical (unpaired) electrons. The largest absolute Gasteiger partial charge is 0.393 e. The predicted octanol–water partition coefficient (Wildman–Crippen LogP) is 4.44. The Balaban J connectivity index is 1.71. The Morgan fingerprint density at radius 2 is 1.87 bits per heavy atom. The molecule has 1 N–H and O–H groups in total. The summed E-state index contributed by atoms with van der Waals surface area (Å²) >= 11 is 0. The number of ketones is 1. The summed E-state index contributed by atoms with van der Waals surface area (Å²) in [5, 5.41) is 10.1. The van der Waals surface area contributed by atoms with Gasteiger partial charge in [-0.3, -0.25) is 4.79 Å². The van der Waals surface area contributed by atoms with Crippen LogP contribution < -0.4 is 0 Å². The highest BCUT2D eigenvalue weighted by Crippen LogP contribution is 2.65. The summed E-state index contributed by atoms with van der Waals surface area (Å²) in [6.45, 7) is 6.83. The highest BCUT2D eigenvalue weighted by Gasteiger charge is 2.59. The number of fused-ring (bicyclic) bond motifs is 5. The standard InChI is InChI=1S/C21H30O2/c1-4-16-19(23)12-18-15-6-5-13-11-14(22)7-9-20(13,2)17(15)8-10-21(16,18)3/h4-5,14-15,17-18,22H,6-12H2,1-3H3/b16-4+/t14-,15?,17?,18?,20-,21+/m0/s1. The van der Waals surface area contributed by atoms with Crippen LogP contribution in [0.2, 0.25) is 0 Å². The Kier molecular flexibility index (Phi) is 3.43. The first-order valence-corrected chi connectivity index (χ1v) is 9.47. The van der Waals surface area contributed by atoms with E-state index in [0.717, 1.165) is 44.1 Å². The first-order valence-electron chi connectivity index (χ1n) is 9.47. The van der Waals surface area contributed by atoms with Crippen LogP contribution in [0.15, 0.2) is 23.3 Å². The Labute approximate surface area is 140 Å². The molecule has 0 aromatic heterocycles. The molecule has 0 heterocycles. The second kappa shape index (κ2) is 5.05. The molecule has 3 fully saturated rings. The van der Waals surface area contributed by atoms with Crippen molar-refractivity contribution in [3.05, 3.63) is 23.3 Å². The van der Waals surface area contributed by atoms with Gasteiger partial charge in [-0.2, -0.15) is 0 Å². The van der Waals surface area contributed by atoms with Crippen LogP contribution in [0.1, 0.15) is 65.7 Å². The summed E-state index contributed by atoms with van der Waals surface area (Å²) in [6.07, 6.45) is 11.6. The van der Waals surface area contributed by atoms with Gasteiger partial charge in [-0.25, -0.2) is 0 Å². The fraction of sp³-hybridized carbons (Fsp3) is 0.762. The molecule has 4 aliphatic carbocycles. The number of hydrogen-bond acceptors (Lipinski definition) is 2. The van der Waals surface area contributed by atoms with Crippen molar-refractivity contribution in [2.75, 3.05) is 0 Å². The highest BCUT2D eigenvalue weighted by molar-refractivity contribution is 5.99. The number of aliphatic hydroxyl groups excluding tert-OH is 1. The molecule has 0 bridgehead atoms. The molecule has 0 amide bonds. The number of carbonyl (C=O) groups excluding carboxylic acids is 1. The van der Waals surface area contributed by atoms with E-state index >= 15 is 0 Å². The van der Waals surface area contributed by atoms with Crippen LogP contribution in [-0.4, -0.2) is 17.0 Å². The third kappa shape index (κ3) is 2.00. The van der Waals surface area contributed by atoms with E-state index < -0.39 is 0 Å². The lowest BCUT2D eigenvalue weighted by Gasteiger charge is -2.57. The average Bonchev–Trinajstić information content (AvgIpc) is 2.77. The van der Waals surface area contributed by atoms with Gasteiger partial charge in [0.1, 0.15) is 0 Å². The first-order chi connectivity index (χ1) is 10.9. The van der Waals surface area contributed by atoms with E-state index in [4.69, 9.17) is 0 Å². The molecule has 4 aliphatic rings.